The van der Waals surface area contributed by atoms with E-state index in [1.165, 1.54) is 14.2 Å². The fourth-order valence-corrected chi connectivity index (χ4v) is 5.23. The third-order valence-corrected chi connectivity index (χ3v) is 7.13. The highest BCUT2D eigenvalue weighted by Gasteiger charge is 2.23. The summed E-state index contributed by atoms with van der Waals surface area (Å²) < 4.78 is 21.6. The summed E-state index contributed by atoms with van der Waals surface area (Å²) in [5.41, 5.74) is 0. The van der Waals surface area contributed by atoms with E-state index < -0.39 is 28.7 Å². The molecule has 0 saturated carbocycles. The van der Waals surface area contributed by atoms with Crippen LogP contribution in [0.5, 0.6) is 0 Å². The molecule has 0 amide bonds. The molecule has 1 rings (SSSR count). The fourth-order valence-electron chi connectivity index (χ4n) is 2.27. The van der Waals surface area contributed by atoms with E-state index in [0.717, 1.165) is 25.0 Å². The molecule has 152 valence electrons. The summed E-state index contributed by atoms with van der Waals surface area (Å²) in [5, 5.41) is 0.950. The van der Waals surface area contributed by atoms with Gasteiger partial charge in [0.05, 0.1) is 47.3 Å². The highest BCUT2D eigenvalue weighted by Crippen LogP contribution is 2.24. The third kappa shape index (κ3) is 9.32. The normalized spacial score (nSPS) is 13.0. The van der Waals surface area contributed by atoms with E-state index in [1.807, 2.05) is 0 Å². The molecule has 0 bridgehead atoms. The average Bonchev–Trinajstić information content (AvgIpc) is 2.65. The van der Waals surface area contributed by atoms with Crippen LogP contribution in [0.4, 0.5) is 0 Å². The van der Waals surface area contributed by atoms with Gasteiger partial charge < -0.3 is 9.47 Å². The van der Waals surface area contributed by atoms with Crippen LogP contribution < -0.4 is 0 Å². The lowest BCUT2D eigenvalue weighted by Crippen LogP contribution is -2.22. The molecule has 0 radical (unpaired) electrons. The zero-order valence-corrected chi connectivity index (χ0v) is 18.5. The molecule has 2 atom stereocenters. The molecule has 0 fully saturated rings. The van der Waals surface area contributed by atoms with Crippen LogP contribution >= 0.6 is 35.0 Å². The summed E-state index contributed by atoms with van der Waals surface area (Å²) >= 11 is 13.5. The van der Waals surface area contributed by atoms with Gasteiger partial charge in [0.2, 0.25) is 0 Å². The van der Waals surface area contributed by atoms with Crippen molar-refractivity contribution < 1.29 is 23.3 Å². The largest absolute Gasteiger partial charge is 0.469 e. The van der Waals surface area contributed by atoms with Crippen molar-refractivity contribution >= 4 is 57.7 Å². The Bertz CT molecular complexity index is 655. The Morgan fingerprint density at radius 1 is 1.15 bits per heavy atom. The molecule has 5 nitrogen and oxygen atoms in total. The van der Waals surface area contributed by atoms with E-state index >= 15 is 0 Å². The number of esters is 2. The standard InChI is InChI=1S/C18H24Cl2O5S2/c1-24-17(21)10-13(18(22)25-2)12-26-8-4-3-5-9-27(23)16-7-6-14(19)11-15(16)20/h6-7,11,13H,3-5,8-10,12H2,1-2H3. The number of thioether (sulfide) groups is 1. The summed E-state index contributed by atoms with van der Waals surface area (Å²) in [6.45, 7) is 0. The topological polar surface area (TPSA) is 69.7 Å². The Morgan fingerprint density at radius 3 is 2.52 bits per heavy atom. The quantitative estimate of drug-likeness (QED) is 0.345. The molecular weight excluding hydrogens is 431 g/mol. The molecule has 0 N–H and O–H groups in total. The molecule has 0 spiro atoms. The van der Waals surface area contributed by atoms with Crippen LogP contribution in [0.1, 0.15) is 25.7 Å². The van der Waals surface area contributed by atoms with Crippen LogP contribution in [0.3, 0.4) is 0 Å². The van der Waals surface area contributed by atoms with Crippen LogP contribution in [0.25, 0.3) is 0 Å². The summed E-state index contributed by atoms with van der Waals surface area (Å²) in [4.78, 5) is 23.7. The first kappa shape index (κ1) is 24.3. The van der Waals surface area contributed by atoms with E-state index in [9.17, 15) is 13.8 Å². The number of methoxy groups -OCH3 is 2. The zero-order valence-electron chi connectivity index (χ0n) is 15.4. The monoisotopic (exact) mass is 454 g/mol. The van der Waals surface area contributed by atoms with Crippen LogP contribution in [0.15, 0.2) is 23.1 Å². The maximum atomic E-state index is 12.3. The number of hydrogen-bond donors (Lipinski definition) is 0. The van der Waals surface area contributed by atoms with Crippen LogP contribution in [-0.4, -0.2) is 47.6 Å². The minimum atomic E-state index is -1.14. The van der Waals surface area contributed by atoms with Gasteiger partial charge in [-0.2, -0.15) is 11.8 Å². The van der Waals surface area contributed by atoms with Crippen LogP contribution in [0, 0.1) is 5.92 Å². The number of ether oxygens (including phenoxy) is 2. The Labute approximate surface area is 176 Å². The van der Waals surface area contributed by atoms with Crippen molar-refractivity contribution in [2.24, 2.45) is 5.92 Å². The average molecular weight is 455 g/mol. The number of rotatable bonds is 12. The number of carbonyl (C=O) groups is 2. The van der Waals surface area contributed by atoms with Crippen molar-refractivity contribution in [1.29, 1.82) is 0 Å². The van der Waals surface area contributed by atoms with E-state index in [0.29, 0.717) is 26.4 Å². The second-order valence-corrected chi connectivity index (χ2v) is 9.29. The predicted molar refractivity (Wildman–Crippen MR) is 111 cm³/mol. The van der Waals surface area contributed by atoms with Gasteiger partial charge in [-0.25, -0.2) is 0 Å². The van der Waals surface area contributed by atoms with E-state index in [4.69, 9.17) is 27.9 Å². The second-order valence-electron chi connectivity index (χ2n) is 5.76. The van der Waals surface area contributed by atoms with Crippen LogP contribution in [-0.2, 0) is 29.9 Å². The first-order chi connectivity index (χ1) is 12.9. The number of benzene rings is 1. The highest BCUT2D eigenvalue weighted by atomic mass is 35.5. The number of halogens is 2. The number of carbonyl (C=O) groups excluding carboxylic acids is 2. The lowest BCUT2D eigenvalue weighted by Gasteiger charge is -2.12. The minimum Gasteiger partial charge on any atom is -0.469 e. The Balaban J connectivity index is 2.24. The van der Waals surface area contributed by atoms with E-state index in [1.54, 1.807) is 30.0 Å². The molecule has 0 saturated heterocycles. The molecule has 0 aliphatic rings. The Morgan fingerprint density at radius 2 is 1.89 bits per heavy atom. The molecule has 9 heteroatoms. The van der Waals surface area contributed by atoms with Gasteiger partial charge in [-0.05, 0) is 36.8 Å². The maximum Gasteiger partial charge on any atom is 0.310 e. The molecule has 2 unspecified atom stereocenters. The highest BCUT2D eigenvalue weighted by molar-refractivity contribution is 7.99. The lowest BCUT2D eigenvalue weighted by molar-refractivity contribution is -0.151. The Kier molecular flexibility index (Phi) is 12.1. The van der Waals surface area contributed by atoms with Gasteiger partial charge >= 0.3 is 11.9 Å². The summed E-state index contributed by atoms with van der Waals surface area (Å²) in [5.74, 6) is 0.584. The van der Waals surface area contributed by atoms with Crippen molar-refractivity contribution in [1.82, 2.24) is 0 Å². The number of unbranched alkanes of at least 4 members (excludes halogenated alkanes) is 2. The first-order valence-corrected chi connectivity index (χ1v) is 11.7. The maximum absolute atomic E-state index is 12.3. The van der Waals surface area contributed by atoms with Gasteiger partial charge in [0.15, 0.2) is 0 Å². The summed E-state index contributed by atoms with van der Waals surface area (Å²) in [6.07, 6.45) is 2.69. The SMILES string of the molecule is COC(=O)CC(CSCCCCCS(=O)c1ccc(Cl)cc1Cl)C(=O)OC. The minimum absolute atomic E-state index is 0.0248. The van der Waals surface area contributed by atoms with E-state index in [2.05, 4.69) is 4.74 Å². The molecule has 1 aromatic rings. The molecule has 1 aromatic carbocycles. The second kappa shape index (κ2) is 13.4. The van der Waals surface area contributed by atoms with Gasteiger partial charge in [-0.1, -0.05) is 29.6 Å². The zero-order chi connectivity index (χ0) is 20.2. The summed E-state index contributed by atoms with van der Waals surface area (Å²) in [6, 6.07) is 4.98. The van der Waals surface area contributed by atoms with Gasteiger partial charge in [-0.3, -0.25) is 13.8 Å². The van der Waals surface area contributed by atoms with Crippen molar-refractivity contribution in [3.63, 3.8) is 0 Å². The molecule has 0 aliphatic carbocycles. The van der Waals surface area contributed by atoms with Crippen molar-refractivity contribution in [3.05, 3.63) is 28.2 Å². The van der Waals surface area contributed by atoms with E-state index in [-0.39, 0.29) is 6.42 Å². The molecule has 0 aromatic heterocycles. The lowest BCUT2D eigenvalue weighted by atomic mass is 10.1. The Hall–Kier alpha value is -0.760. The number of hydrogen-bond acceptors (Lipinski definition) is 6. The smallest absolute Gasteiger partial charge is 0.310 e. The fraction of sp³-hybridized carbons (Fsp3) is 0.556. The summed E-state index contributed by atoms with van der Waals surface area (Å²) in [7, 11) is 1.46. The van der Waals surface area contributed by atoms with Gasteiger partial charge in [0, 0.05) is 16.5 Å². The van der Waals surface area contributed by atoms with Gasteiger partial charge in [-0.15, -0.1) is 0 Å². The molecule has 27 heavy (non-hydrogen) atoms. The predicted octanol–water partition coefficient (Wildman–Crippen LogP) is 4.36. The van der Waals surface area contributed by atoms with Crippen molar-refractivity contribution in [2.75, 3.05) is 31.5 Å². The first-order valence-electron chi connectivity index (χ1n) is 8.44. The van der Waals surface area contributed by atoms with Crippen molar-refractivity contribution in [3.8, 4) is 0 Å². The van der Waals surface area contributed by atoms with Crippen molar-refractivity contribution in [2.45, 2.75) is 30.6 Å². The van der Waals surface area contributed by atoms with Crippen LogP contribution in [0.2, 0.25) is 10.0 Å². The third-order valence-electron chi connectivity index (χ3n) is 3.75. The molecule has 0 heterocycles. The molecular formula is C18H24Cl2O5S2. The van der Waals surface area contributed by atoms with Gasteiger partial charge in [0.25, 0.3) is 0 Å². The van der Waals surface area contributed by atoms with Gasteiger partial charge in [0.1, 0.15) is 0 Å². The molecule has 0 aliphatic heterocycles.